The van der Waals surface area contributed by atoms with Crippen molar-refractivity contribution < 1.29 is 9.21 Å². The van der Waals surface area contributed by atoms with Crippen molar-refractivity contribution in [1.82, 2.24) is 5.43 Å². The van der Waals surface area contributed by atoms with Crippen LogP contribution in [0.5, 0.6) is 0 Å². The first kappa shape index (κ1) is 14.5. The molecule has 20 heavy (non-hydrogen) atoms. The number of amides is 1. The molecule has 106 valence electrons. The van der Waals surface area contributed by atoms with Crippen molar-refractivity contribution in [3.05, 3.63) is 46.9 Å². The Hall–Kier alpha value is -1.92. The number of anilines is 1. The van der Waals surface area contributed by atoms with Gasteiger partial charge in [-0.05, 0) is 37.6 Å². The van der Waals surface area contributed by atoms with Crippen LogP contribution in [-0.4, -0.2) is 5.91 Å². The van der Waals surface area contributed by atoms with Gasteiger partial charge in [0.25, 0.3) is 5.91 Å². The zero-order valence-corrected chi connectivity index (χ0v) is 12.2. The minimum Gasteiger partial charge on any atom is -0.465 e. The number of carbonyl (C=O) groups is 1. The average Bonchev–Trinajstić information content (AvgIpc) is 2.81. The highest BCUT2D eigenvalue weighted by molar-refractivity contribution is 7.98. The molecule has 0 saturated heterocycles. The van der Waals surface area contributed by atoms with Crippen molar-refractivity contribution in [2.45, 2.75) is 24.5 Å². The summed E-state index contributed by atoms with van der Waals surface area (Å²) in [6.07, 6.45) is 0. The Kier molecular flexibility index (Phi) is 4.36. The molecule has 2 aromatic rings. The van der Waals surface area contributed by atoms with E-state index in [0.29, 0.717) is 17.1 Å². The molecule has 0 radical (unpaired) electrons. The Balaban J connectivity index is 2.12. The van der Waals surface area contributed by atoms with Gasteiger partial charge in [-0.2, -0.15) is 0 Å². The van der Waals surface area contributed by atoms with Gasteiger partial charge < -0.3 is 10.2 Å². The quantitative estimate of drug-likeness (QED) is 0.264. The fraction of sp³-hybridized carbons (Fsp3) is 0.214. The average molecular weight is 291 g/mol. The predicted molar refractivity (Wildman–Crippen MR) is 80.3 cm³/mol. The molecule has 0 aliphatic carbocycles. The van der Waals surface area contributed by atoms with Crippen LogP contribution in [-0.2, 0) is 5.75 Å². The smallest absolute Gasteiger partial charge is 0.268 e. The van der Waals surface area contributed by atoms with Crippen LogP contribution in [0, 0.1) is 13.8 Å². The van der Waals surface area contributed by atoms with E-state index in [1.165, 1.54) is 0 Å². The van der Waals surface area contributed by atoms with Gasteiger partial charge in [-0.15, -0.1) is 11.8 Å². The lowest BCUT2D eigenvalue weighted by molar-refractivity contribution is 0.0952. The van der Waals surface area contributed by atoms with Gasteiger partial charge in [0.2, 0.25) is 0 Å². The SMILES string of the molecule is Cc1oc(CSc2cccc(N)c2C)cc1C(=O)NN. The first-order valence-corrected chi connectivity index (χ1v) is 7.09. The molecule has 0 fully saturated rings. The summed E-state index contributed by atoms with van der Waals surface area (Å²) < 4.78 is 5.56. The summed E-state index contributed by atoms with van der Waals surface area (Å²) in [6.45, 7) is 3.73. The number of aryl methyl sites for hydroxylation is 1. The maximum Gasteiger partial charge on any atom is 0.268 e. The molecule has 0 bridgehead atoms. The summed E-state index contributed by atoms with van der Waals surface area (Å²) in [4.78, 5) is 12.6. The van der Waals surface area contributed by atoms with Gasteiger partial charge in [0, 0.05) is 10.6 Å². The largest absolute Gasteiger partial charge is 0.465 e. The number of nitrogen functional groups attached to an aromatic ring is 2. The van der Waals surface area contributed by atoms with Crippen LogP contribution in [0.3, 0.4) is 0 Å². The number of hydrogen-bond donors (Lipinski definition) is 3. The topological polar surface area (TPSA) is 94.3 Å². The molecular formula is C14H17N3O2S. The number of nitrogens with one attached hydrogen (secondary N) is 1. The van der Waals surface area contributed by atoms with Crippen molar-refractivity contribution in [3.8, 4) is 0 Å². The normalized spacial score (nSPS) is 10.6. The van der Waals surface area contributed by atoms with Gasteiger partial charge in [0.1, 0.15) is 11.5 Å². The van der Waals surface area contributed by atoms with E-state index in [-0.39, 0.29) is 5.91 Å². The Bertz CT molecular complexity index is 637. The summed E-state index contributed by atoms with van der Waals surface area (Å²) in [5.74, 6) is 6.70. The van der Waals surface area contributed by atoms with E-state index in [4.69, 9.17) is 16.0 Å². The second kappa shape index (κ2) is 6.02. The third kappa shape index (κ3) is 2.97. The van der Waals surface area contributed by atoms with Gasteiger partial charge in [-0.25, -0.2) is 5.84 Å². The maximum atomic E-state index is 11.5. The highest BCUT2D eigenvalue weighted by atomic mass is 32.2. The molecule has 1 amide bonds. The molecule has 6 heteroatoms. The van der Waals surface area contributed by atoms with Gasteiger partial charge in [0.15, 0.2) is 0 Å². The highest BCUT2D eigenvalue weighted by Crippen LogP contribution is 2.30. The van der Waals surface area contributed by atoms with Crippen molar-refractivity contribution in [1.29, 1.82) is 0 Å². The van der Waals surface area contributed by atoms with Crippen molar-refractivity contribution in [2.24, 2.45) is 5.84 Å². The molecule has 1 heterocycles. The van der Waals surface area contributed by atoms with E-state index in [1.54, 1.807) is 24.8 Å². The van der Waals surface area contributed by atoms with Crippen LogP contribution in [0.25, 0.3) is 0 Å². The summed E-state index contributed by atoms with van der Waals surface area (Å²) in [6, 6.07) is 7.53. The molecule has 0 aliphatic rings. The first-order valence-electron chi connectivity index (χ1n) is 6.11. The van der Waals surface area contributed by atoms with E-state index < -0.39 is 0 Å². The first-order chi connectivity index (χ1) is 9.52. The number of rotatable bonds is 4. The van der Waals surface area contributed by atoms with E-state index in [2.05, 4.69) is 5.43 Å². The minimum atomic E-state index is -0.345. The zero-order chi connectivity index (χ0) is 14.7. The van der Waals surface area contributed by atoms with Gasteiger partial charge >= 0.3 is 0 Å². The summed E-state index contributed by atoms with van der Waals surface area (Å²) in [7, 11) is 0. The van der Waals surface area contributed by atoms with E-state index in [9.17, 15) is 4.79 Å². The second-order valence-corrected chi connectivity index (χ2v) is 5.43. The Morgan fingerprint density at radius 1 is 1.40 bits per heavy atom. The molecule has 0 aliphatic heterocycles. The zero-order valence-electron chi connectivity index (χ0n) is 11.4. The summed E-state index contributed by atoms with van der Waals surface area (Å²) in [5.41, 5.74) is 10.3. The molecular weight excluding hydrogens is 274 g/mol. The lowest BCUT2D eigenvalue weighted by Crippen LogP contribution is -2.30. The van der Waals surface area contributed by atoms with Crippen LogP contribution in [0.15, 0.2) is 33.6 Å². The highest BCUT2D eigenvalue weighted by Gasteiger charge is 2.14. The molecule has 5 N–H and O–H groups in total. The minimum absolute atomic E-state index is 0.345. The number of nitrogens with two attached hydrogens (primary N) is 2. The van der Waals surface area contributed by atoms with Crippen molar-refractivity contribution in [3.63, 3.8) is 0 Å². The molecule has 2 rings (SSSR count). The van der Waals surface area contributed by atoms with Crippen LogP contribution in [0.2, 0.25) is 0 Å². The van der Waals surface area contributed by atoms with Gasteiger partial charge in [-0.1, -0.05) is 6.07 Å². The van der Waals surface area contributed by atoms with Gasteiger partial charge in [0.05, 0.1) is 11.3 Å². The second-order valence-electron chi connectivity index (χ2n) is 4.42. The summed E-state index contributed by atoms with van der Waals surface area (Å²) >= 11 is 1.62. The number of thioether (sulfide) groups is 1. The maximum absolute atomic E-state index is 11.5. The molecule has 0 unspecified atom stereocenters. The lowest BCUT2D eigenvalue weighted by atomic mass is 10.2. The fourth-order valence-electron chi connectivity index (χ4n) is 1.85. The molecule has 1 aromatic carbocycles. The number of hydrazine groups is 1. The monoisotopic (exact) mass is 291 g/mol. The molecule has 5 nitrogen and oxygen atoms in total. The fourth-order valence-corrected chi connectivity index (χ4v) is 2.80. The number of carbonyl (C=O) groups excluding carboxylic acids is 1. The van der Waals surface area contributed by atoms with E-state index >= 15 is 0 Å². The van der Waals surface area contributed by atoms with E-state index in [0.717, 1.165) is 21.9 Å². The predicted octanol–water partition coefficient (Wildman–Crippen LogP) is 2.37. The van der Waals surface area contributed by atoms with Crippen molar-refractivity contribution in [2.75, 3.05) is 5.73 Å². The number of furan rings is 1. The van der Waals surface area contributed by atoms with Crippen molar-refractivity contribution >= 4 is 23.4 Å². The standard InChI is InChI=1S/C14H17N3O2S/c1-8-12(15)4-3-5-13(8)20-7-10-6-11(9(2)19-10)14(18)17-16/h3-6H,7,15-16H2,1-2H3,(H,17,18). The molecule has 0 spiro atoms. The van der Waals surface area contributed by atoms with Gasteiger partial charge in [-0.3, -0.25) is 10.2 Å². The molecule has 0 atom stereocenters. The Labute approximate surface area is 121 Å². The van der Waals surface area contributed by atoms with Crippen LogP contribution < -0.4 is 17.0 Å². The van der Waals surface area contributed by atoms with E-state index in [1.807, 2.05) is 25.1 Å². The Morgan fingerprint density at radius 2 is 2.15 bits per heavy atom. The summed E-state index contributed by atoms with van der Waals surface area (Å²) in [5, 5.41) is 0. The third-order valence-corrected chi connectivity index (χ3v) is 4.22. The Morgan fingerprint density at radius 3 is 2.85 bits per heavy atom. The van der Waals surface area contributed by atoms with Crippen LogP contribution in [0.4, 0.5) is 5.69 Å². The van der Waals surface area contributed by atoms with Crippen LogP contribution >= 0.6 is 11.8 Å². The number of hydrogen-bond acceptors (Lipinski definition) is 5. The molecule has 1 aromatic heterocycles. The van der Waals surface area contributed by atoms with Crippen LogP contribution in [0.1, 0.15) is 27.4 Å². The number of benzene rings is 1. The molecule has 0 saturated carbocycles. The third-order valence-electron chi connectivity index (χ3n) is 3.04. The lowest BCUT2D eigenvalue weighted by Gasteiger charge is -2.06.